The second kappa shape index (κ2) is 9.18. The summed E-state index contributed by atoms with van der Waals surface area (Å²) in [5.74, 6) is 1.08. The van der Waals surface area contributed by atoms with Crippen molar-refractivity contribution < 1.29 is 9.32 Å². The molecule has 2 aromatic carbocycles. The molecule has 0 unspecified atom stereocenters. The minimum atomic E-state index is -0.0875. The van der Waals surface area contributed by atoms with Crippen LogP contribution in [0.2, 0.25) is 0 Å². The molecule has 1 aliphatic heterocycles. The number of rotatable bonds is 5. The second-order valence-corrected chi connectivity index (χ2v) is 8.72. The molecule has 0 radical (unpaired) electrons. The van der Waals surface area contributed by atoms with Gasteiger partial charge < -0.3 is 9.42 Å². The van der Waals surface area contributed by atoms with Gasteiger partial charge in [0.25, 0.3) is 5.91 Å². The Hall–Kier alpha value is -3.85. The van der Waals surface area contributed by atoms with Gasteiger partial charge in [0.1, 0.15) is 0 Å². The number of carbonyl (C=O) groups is 1. The number of carbonyl (C=O) groups excluding carboxylic acids is 1. The maximum Gasteiger partial charge on any atom is 0.276 e. The fourth-order valence-corrected chi connectivity index (χ4v) is 4.12. The van der Waals surface area contributed by atoms with Crippen LogP contribution in [0.1, 0.15) is 33.2 Å². The van der Waals surface area contributed by atoms with E-state index < -0.39 is 0 Å². The molecule has 4 aromatic rings. The minimum absolute atomic E-state index is 0.0875. The molecular weight excluding hydrogens is 430 g/mol. The normalized spacial score (nSPS) is 14.5. The Kier molecular flexibility index (Phi) is 5.93. The molecule has 0 spiro atoms. The summed E-state index contributed by atoms with van der Waals surface area (Å²) in [5, 5.41) is 12.5. The highest BCUT2D eigenvalue weighted by atomic mass is 16.5. The average Bonchev–Trinajstić information content (AvgIpc) is 3.46. The van der Waals surface area contributed by atoms with Crippen molar-refractivity contribution >= 4 is 5.91 Å². The zero-order valence-corrected chi connectivity index (χ0v) is 19.6. The second-order valence-electron chi connectivity index (χ2n) is 8.72. The lowest BCUT2D eigenvalue weighted by atomic mass is 10.1. The predicted octanol–water partition coefficient (Wildman–Crippen LogP) is 3.20. The largest absolute Gasteiger partial charge is 0.338 e. The third-order valence-corrected chi connectivity index (χ3v) is 6.14. The molecule has 0 aliphatic carbocycles. The topological polar surface area (TPSA) is 93.2 Å². The first-order valence-corrected chi connectivity index (χ1v) is 11.4. The summed E-state index contributed by atoms with van der Waals surface area (Å²) < 4.78 is 7.18. The number of hydrogen-bond acceptors (Lipinski definition) is 7. The van der Waals surface area contributed by atoms with Crippen molar-refractivity contribution in [3.63, 3.8) is 0 Å². The summed E-state index contributed by atoms with van der Waals surface area (Å²) >= 11 is 0. The molecule has 1 amide bonds. The molecule has 0 bridgehead atoms. The number of piperazine rings is 1. The molecule has 9 nitrogen and oxygen atoms in total. The molecule has 0 N–H and O–H groups in total. The van der Waals surface area contributed by atoms with E-state index in [1.807, 2.05) is 74.2 Å². The lowest BCUT2D eigenvalue weighted by Crippen LogP contribution is -2.48. The van der Waals surface area contributed by atoms with Gasteiger partial charge in [0.05, 0.1) is 17.9 Å². The quantitative estimate of drug-likeness (QED) is 0.454. The van der Waals surface area contributed by atoms with Crippen LogP contribution >= 0.6 is 0 Å². The number of benzene rings is 2. The summed E-state index contributed by atoms with van der Waals surface area (Å²) in [4.78, 5) is 21.7. The van der Waals surface area contributed by atoms with E-state index in [0.717, 1.165) is 35.6 Å². The third-order valence-electron chi connectivity index (χ3n) is 6.14. The van der Waals surface area contributed by atoms with Gasteiger partial charge in [-0.05, 0) is 38.5 Å². The van der Waals surface area contributed by atoms with Crippen molar-refractivity contribution in [1.82, 2.24) is 34.9 Å². The SMILES string of the molecule is Cc1ccc(-c2noc(CN3CCN(C(=O)c4nnn(-c5cccc(C)c5)c4C)CC3)n2)cc1. The Bertz CT molecular complexity index is 1300. The maximum absolute atomic E-state index is 13.1. The van der Waals surface area contributed by atoms with Crippen LogP contribution in [-0.4, -0.2) is 67.0 Å². The minimum Gasteiger partial charge on any atom is -0.338 e. The van der Waals surface area contributed by atoms with Crippen LogP contribution in [0.25, 0.3) is 17.1 Å². The zero-order chi connectivity index (χ0) is 23.7. The zero-order valence-electron chi connectivity index (χ0n) is 19.6. The number of aryl methyl sites for hydroxylation is 2. The van der Waals surface area contributed by atoms with Gasteiger partial charge in [0.15, 0.2) is 5.69 Å². The van der Waals surface area contributed by atoms with Crippen LogP contribution in [0.3, 0.4) is 0 Å². The summed E-state index contributed by atoms with van der Waals surface area (Å²) in [5.41, 5.74) is 5.29. The fourth-order valence-electron chi connectivity index (χ4n) is 4.12. The molecule has 3 heterocycles. The van der Waals surface area contributed by atoms with Gasteiger partial charge in [-0.25, -0.2) is 4.68 Å². The van der Waals surface area contributed by atoms with E-state index >= 15 is 0 Å². The smallest absolute Gasteiger partial charge is 0.276 e. The standard InChI is InChI=1S/C25H27N7O2/c1-17-7-9-20(10-8-17)24-26-22(34-28-24)16-30-11-13-31(14-12-30)25(33)23-19(3)32(29-27-23)21-6-4-5-18(2)15-21/h4-10,15H,11-14,16H2,1-3H3. The first kappa shape index (κ1) is 22.0. The van der Waals surface area contributed by atoms with Gasteiger partial charge in [-0.3, -0.25) is 9.69 Å². The Morgan fingerprint density at radius 3 is 2.47 bits per heavy atom. The van der Waals surface area contributed by atoms with Gasteiger partial charge >= 0.3 is 0 Å². The van der Waals surface area contributed by atoms with Crippen molar-refractivity contribution in [1.29, 1.82) is 0 Å². The van der Waals surface area contributed by atoms with Crippen molar-refractivity contribution in [3.8, 4) is 17.1 Å². The fraction of sp³-hybridized carbons (Fsp3) is 0.320. The van der Waals surface area contributed by atoms with Gasteiger partial charge in [-0.15, -0.1) is 5.10 Å². The molecular formula is C25H27N7O2. The molecule has 0 atom stereocenters. The van der Waals surface area contributed by atoms with Gasteiger partial charge in [0.2, 0.25) is 11.7 Å². The Labute approximate surface area is 198 Å². The van der Waals surface area contributed by atoms with Gasteiger partial charge in [-0.1, -0.05) is 52.3 Å². The molecule has 2 aromatic heterocycles. The highest BCUT2D eigenvalue weighted by Crippen LogP contribution is 2.19. The van der Waals surface area contributed by atoms with E-state index in [-0.39, 0.29) is 5.91 Å². The number of nitrogens with zero attached hydrogens (tertiary/aromatic N) is 7. The Balaban J connectivity index is 1.20. The lowest BCUT2D eigenvalue weighted by Gasteiger charge is -2.33. The first-order valence-electron chi connectivity index (χ1n) is 11.4. The summed E-state index contributed by atoms with van der Waals surface area (Å²) in [6.45, 7) is 9.17. The third kappa shape index (κ3) is 4.47. The van der Waals surface area contributed by atoms with Crippen LogP contribution < -0.4 is 0 Å². The van der Waals surface area contributed by atoms with Crippen molar-refractivity contribution in [2.24, 2.45) is 0 Å². The number of aromatic nitrogens is 5. The summed E-state index contributed by atoms with van der Waals surface area (Å²) in [7, 11) is 0. The van der Waals surface area contributed by atoms with Crippen LogP contribution in [0.4, 0.5) is 0 Å². The van der Waals surface area contributed by atoms with E-state index in [1.54, 1.807) is 4.68 Å². The molecule has 1 aliphatic rings. The monoisotopic (exact) mass is 457 g/mol. The van der Waals surface area contributed by atoms with E-state index in [2.05, 4.69) is 25.4 Å². The molecule has 1 saturated heterocycles. The van der Waals surface area contributed by atoms with Crippen LogP contribution in [0, 0.1) is 20.8 Å². The van der Waals surface area contributed by atoms with E-state index in [1.165, 1.54) is 5.56 Å². The average molecular weight is 458 g/mol. The summed E-state index contributed by atoms with van der Waals surface area (Å²) in [6.07, 6.45) is 0. The predicted molar refractivity (Wildman–Crippen MR) is 126 cm³/mol. The molecule has 34 heavy (non-hydrogen) atoms. The van der Waals surface area contributed by atoms with Crippen LogP contribution in [-0.2, 0) is 6.54 Å². The molecule has 9 heteroatoms. The molecule has 5 rings (SSSR count). The Morgan fingerprint density at radius 2 is 1.74 bits per heavy atom. The Morgan fingerprint density at radius 1 is 0.971 bits per heavy atom. The summed E-state index contributed by atoms with van der Waals surface area (Å²) in [6, 6.07) is 16.0. The highest BCUT2D eigenvalue weighted by Gasteiger charge is 2.27. The van der Waals surface area contributed by atoms with Crippen LogP contribution in [0.15, 0.2) is 53.1 Å². The van der Waals surface area contributed by atoms with Gasteiger partial charge in [-0.2, -0.15) is 4.98 Å². The maximum atomic E-state index is 13.1. The van der Waals surface area contributed by atoms with Crippen molar-refractivity contribution in [2.75, 3.05) is 26.2 Å². The van der Waals surface area contributed by atoms with Crippen LogP contribution in [0.5, 0.6) is 0 Å². The first-order chi connectivity index (χ1) is 16.5. The van der Waals surface area contributed by atoms with E-state index in [0.29, 0.717) is 37.0 Å². The lowest BCUT2D eigenvalue weighted by molar-refractivity contribution is 0.0608. The van der Waals surface area contributed by atoms with E-state index in [4.69, 9.17) is 4.52 Å². The number of amides is 1. The van der Waals surface area contributed by atoms with E-state index in [9.17, 15) is 4.79 Å². The van der Waals surface area contributed by atoms with Gasteiger partial charge in [0, 0.05) is 31.7 Å². The molecule has 174 valence electrons. The molecule has 0 saturated carbocycles. The highest BCUT2D eigenvalue weighted by molar-refractivity contribution is 5.93. The van der Waals surface area contributed by atoms with Crippen molar-refractivity contribution in [2.45, 2.75) is 27.3 Å². The van der Waals surface area contributed by atoms with Crippen molar-refractivity contribution in [3.05, 3.63) is 76.9 Å². The molecule has 1 fully saturated rings. The number of hydrogen-bond donors (Lipinski definition) is 0.